The van der Waals surface area contributed by atoms with Gasteiger partial charge in [0.2, 0.25) is 0 Å². The molecule has 410 valence electrons. The largest absolute Gasteiger partial charge is 0.462 e. The monoisotopic (exact) mass is 975 g/mol. The highest BCUT2D eigenvalue weighted by Crippen LogP contribution is 2.18. The molecule has 1 atom stereocenters. The van der Waals surface area contributed by atoms with Gasteiger partial charge in [-0.05, 0) is 19.3 Å². The Morgan fingerprint density at radius 1 is 0.232 bits per heavy atom. The van der Waals surface area contributed by atoms with Crippen LogP contribution >= 0.6 is 0 Å². The lowest BCUT2D eigenvalue weighted by Crippen LogP contribution is -2.30. The Balaban J connectivity index is 4.27. The maximum Gasteiger partial charge on any atom is 0.306 e. The molecular formula is C63H122O6. The van der Waals surface area contributed by atoms with Crippen molar-refractivity contribution in [1.29, 1.82) is 0 Å². The lowest BCUT2D eigenvalue weighted by molar-refractivity contribution is -0.167. The van der Waals surface area contributed by atoms with E-state index in [1.807, 2.05) is 0 Å². The maximum absolute atomic E-state index is 12.9. The van der Waals surface area contributed by atoms with Gasteiger partial charge in [0, 0.05) is 19.3 Å². The lowest BCUT2D eigenvalue weighted by atomic mass is 10.0. The van der Waals surface area contributed by atoms with E-state index < -0.39 is 6.10 Å². The third-order valence-electron chi connectivity index (χ3n) is 14.6. The molecule has 0 rings (SSSR count). The number of esters is 3. The molecule has 0 radical (unpaired) electrons. The highest BCUT2D eigenvalue weighted by molar-refractivity contribution is 5.71. The third-order valence-corrected chi connectivity index (χ3v) is 14.6. The minimum atomic E-state index is -0.762. The van der Waals surface area contributed by atoms with Gasteiger partial charge in [-0.1, -0.05) is 329 Å². The highest BCUT2D eigenvalue weighted by Gasteiger charge is 2.19. The second-order valence-corrected chi connectivity index (χ2v) is 21.7. The molecule has 0 unspecified atom stereocenters. The molecule has 0 saturated heterocycles. The molecular weight excluding hydrogens is 853 g/mol. The van der Waals surface area contributed by atoms with Crippen LogP contribution in [-0.2, 0) is 28.6 Å². The Morgan fingerprint density at radius 2 is 0.391 bits per heavy atom. The SMILES string of the molecule is CCCCCCCCCCCCCCCCCCCCCC(=O)OC[C@H](COC(=O)CCCCCCCCCCCCCCCCC)OC(=O)CCCCCCCCCCCCCCCCCCC. The van der Waals surface area contributed by atoms with Crippen molar-refractivity contribution in [3.63, 3.8) is 0 Å². The van der Waals surface area contributed by atoms with Gasteiger partial charge in [-0.3, -0.25) is 14.4 Å². The fourth-order valence-electron chi connectivity index (χ4n) is 9.86. The van der Waals surface area contributed by atoms with E-state index in [0.29, 0.717) is 19.3 Å². The van der Waals surface area contributed by atoms with Crippen LogP contribution in [0.5, 0.6) is 0 Å². The molecule has 0 aliphatic carbocycles. The Kier molecular flexibility index (Phi) is 57.6. The summed E-state index contributed by atoms with van der Waals surface area (Å²) in [5, 5.41) is 0. The summed E-state index contributed by atoms with van der Waals surface area (Å²) < 4.78 is 16.9. The minimum absolute atomic E-state index is 0.0605. The average Bonchev–Trinajstić information content (AvgIpc) is 3.35. The zero-order valence-electron chi connectivity index (χ0n) is 47.1. The number of unbranched alkanes of at least 4 members (excludes halogenated alkanes) is 48. The quantitative estimate of drug-likeness (QED) is 0.0343. The number of carbonyl (C=O) groups excluding carboxylic acids is 3. The fraction of sp³-hybridized carbons (Fsp3) is 0.952. The van der Waals surface area contributed by atoms with Crippen molar-refractivity contribution in [3.8, 4) is 0 Å². The van der Waals surface area contributed by atoms with E-state index in [1.165, 1.54) is 270 Å². The van der Waals surface area contributed by atoms with E-state index >= 15 is 0 Å². The van der Waals surface area contributed by atoms with E-state index in [2.05, 4.69) is 20.8 Å². The maximum atomic E-state index is 12.9. The fourth-order valence-corrected chi connectivity index (χ4v) is 9.86. The van der Waals surface area contributed by atoms with Gasteiger partial charge in [0.25, 0.3) is 0 Å². The molecule has 0 bridgehead atoms. The van der Waals surface area contributed by atoms with Crippen LogP contribution in [0.1, 0.15) is 367 Å². The zero-order valence-corrected chi connectivity index (χ0v) is 47.1. The molecule has 0 spiro atoms. The molecule has 6 nitrogen and oxygen atoms in total. The Labute approximate surface area is 431 Å². The van der Waals surface area contributed by atoms with Crippen molar-refractivity contribution >= 4 is 17.9 Å². The molecule has 6 heteroatoms. The predicted molar refractivity (Wildman–Crippen MR) is 298 cm³/mol. The minimum Gasteiger partial charge on any atom is -0.462 e. The van der Waals surface area contributed by atoms with Gasteiger partial charge in [0.15, 0.2) is 6.10 Å². The van der Waals surface area contributed by atoms with Gasteiger partial charge in [-0.15, -0.1) is 0 Å². The first-order valence-electron chi connectivity index (χ1n) is 31.5. The van der Waals surface area contributed by atoms with Crippen LogP contribution in [0.4, 0.5) is 0 Å². The normalized spacial score (nSPS) is 11.9. The topological polar surface area (TPSA) is 78.9 Å². The third kappa shape index (κ3) is 57.2. The molecule has 0 N–H and O–H groups in total. The number of hydrogen-bond acceptors (Lipinski definition) is 6. The van der Waals surface area contributed by atoms with Crippen LogP contribution in [-0.4, -0.2) is 37.2 Å². The van der Waals surface area contributed by atoms with E-state index in [-0.39, 0.29) is 31.1 Å². The molecule has 0 aromatic rings. The summed E-state index contributed by atoms with van der Waals surface area (Å²) in [6, 6.07) is 0. The molecule has 0 saturated carbocycles. The first-order valence-corrected chi connectivity index (χ1v) is 31.5. The van der Waals surface area contributed by atoms with E-state index in [4.69, 9.17) is 14.2 Å². The van der Waals surface area contributed by atoms with Gasteiger partial charge in [-0.25, -0.2) is 0 Å². The van der Waals surface area contributed by atoms with Crippen molar-refractivity contribution in [1.82, 2.24) is 0 Å². The smallest absolute Gasteiger partial charge is 0.306 e. The van der Waals surface area contributed by atoms with Gasteiger partial charge in [-0.2, -0.15) is 0 Å². The summed E-state index contributed by atoms with van der Waals surface area (Å²) in [6.45, 7) is 6.73. The van der Waals surface area contributed by atoms with Crippen molar-refractivity contribution in [2.24, 2.45) is 0 Å². The molecule has 0 aromatic heterocycles. The highest BCUT2D eigenvalue weighted by atomic mass is 16.6. The summed E-state index contributed by atoms with van der Waals surface area (Å²) in [7, 11) is 0. The zero-order chi connectivity index (χ0) is 50.0. The first-order chi connectivity index (χ1) is 34.0. The molecule has 0 aliphatic heterocycles. The van der Waals surface area contributed by atoms with Gasteiger partial charge in [0.1, 0.15) is 13.2 Å². The standard InChI is InChI=1S/C63H122O6/c1-4-7-10-13-16-19-22-25-28-30-31-33-35-38-41-44-47-50-53-56-62(65)68-59-60(58-67-61(64)55-52-49-46-43-40-37-34-27-24-21-18-15-12-9-6-3)69-63(66)57-54-51-48-45-42-39-36-32-29-26-23-20-17-14-11-8-5-2/h60H,4-59H2,1-3H3/t60-/m0/s1. The van der Waals surface area contributed by atoms with Crippen molar-refractivity contribution in [3.05, 3.63) is 0 Å². The Morgan fingerprint density at radius 3 is 0.580 bits per heavy atom. The Bertz CT molecular complexity index is 1030. The van der Waals surface area contributed by atoms with Crippen LogP contribution < -0.4 is 0 Å². The van der Waals surface area contributed by atoms with Crippen LogP contribution in [0.15, 0.2) is 0 Å². The Hall–Kier alpha value is -1.59. The molecule has 0 aliphatic rings. The number of ether oxygens (including phenoxy) is 3. The van der Waals surface area contributed by atoms with Crippen molar-refractivity contribution in [2.75, 3.05) is 13.2 Å². The number of rotatable bonds is 59. The van der Waals surface area contributed by atoms with Gasteiger partial charge >= 0.3 is 17.9 Å². The van der Waals surface area contributed by atoms with Crippen LogP contribution in [0.2, 0.25) is 0 Å². The average molecular weight is 976 g/mol. The summed E-state index contributed by atoms with van der Waals surface area (Å²) in [6.07, 6.45) is 66.7. The second kappa shape index (κ2) is 59.0. The molecule has 0 fully saturated rings. The van der Waals surface area contributed by atoms with E-state index in [1.54, 1.807) is 0 Å². The van der Waals surface area contributed by atoms with E-state index in [9.17, 15) is 14.4 Å². The summed E-state index contributed by atoms with van der Waals surface area (Å²) >= 11 is 0. The van der Waals surface area contributed by atoms with E-state index in [0.717, 1.165) is 57.8 Å². The molecule has 0 heterocycles. The number of hydrogen-bond donors (Lipinski definition) is 0. The molecule has 69 heavy (non-hydrogen) atoms. The lowest BCUT2D eigenvalue weighted by Gasteiger charge is -2.18. The number of carbonyl (C=O) groups is 3. The van der Waals surface area contributed by atoms with Crippen LogP contribution in [0.3, 0.4) is 0 Å². The van der Waals surface area contributed by atoms with Gasteiger partial charge in [0.05, 0.1) is 0 Å². The molecule has 0 amide bonds. The van der Waals surface area contributed by atoms with Gasteiger partial charge < -0.3 is 14.2 Å². The first kappa shape index (κ1) is 67.4. The van der Waals surface area contributed by atoms with Crippen LogP contribution in [0, 0.1) is 0 Å². The summed E-state index contributed by atoms with van der Waals surface area (Å²) in [5.41, 5.74) is 0. The summed E-state index contributed by atoms with van der Waals surface area (Å²) in [4.78, 5) is 38.3. The van der Waals surface area contributed by atoms with Crippen molar-refractivity contribution < 1.29 is 28.6 Å². The van der Waals surface area contributed by atoms with Crippen LogP contribution in [0.25, 0.3) is 0 Å². The summed E-state index contributed by atoms with van der Waals surface area (Å²) in [5.74, 6) is -0.825. The molecule has 0 aromatic carbocycles. The second-order valence-electron chi connectivity index (χ2n) is 21.7. The predicted octanol–water partition coefficient (Wildman–Crippen LogP) is 21.1. The van der Waals surface area contributed by atoms with Crippen molar-refractivity contribution in [2.45, 2.75) is 374 Å².